The molecule has 1 N–H and O–H groups in total. The van der Waals surface area contributed by atoms with Crippen molar-refractivity contribution in [3.63, 3.8) is 0 Å². The fourth-order valence-electron chi connectivity index (χ4n) is 5.73. The molecule has 0 saturated heterocycles. The summed E-state index contributed by atoms with van der Waals surface area (Å²) in [6.07, 6.45) is 1.97. The van der Waals surface area contributed by atoms with Crippen LogP contribution in [0.25, 0.3) is 44.8 Å². The van der Waals surface area contributed by atoms with Gasteiger partial charge in [-0.25, -0.2) is 4.98 Å². The average molecular weight is 606 g/mol. The standard InChI is InChI=1S/C37H47N3OSi2/c1-23-15-24(2)35(41)31(16-23)36-39-34-30(20-29(43(10,11)12)22-33(34)40(36)6)25-17-26(19-27(18-25)37(3,4)5)32-21-28(13-14-38-32)42(7,8)9/h13-22,41H,1-12H3. The van der Waals surface area contributed by atoms with E-state index in [-0.39, 0.29) is 5.41 Å². The molecule has 0 bridgehead atoms. The Morgan fingerprint density at radius 2 is 1.40 bits per heavy atom. The first kappa shape index (κ1) is 31.0. The van der Waals surface area contributed by atoms with Gasteiger partial charge in [-0.1, -0.05) is 88.6 Å². The molecule has 2 aromatic heterocycles. The second-order valence-electron chi connectivity index (χ2n) is 15.3. The fraction of sp³-hybridized carbons (Fsp3) is 0.351. The summed E-state index contributed by atoms with van der Waals surface area (Å²) in [5.41, 5.74) is 10.5. The summed E-state index contributed by atoms with van der Waals surface area (Å²) >= 11 is 0. The molecular weight excluding hydrogens is 559 g/mol. The van der Waals surface area contributed by atoms with Crippen molar-refractivity contribution in [2.75, 3.05) is 0 Å². The zero-order valence-electron chi connectivity index (χ0n) is 28.1. The summed E-state index contributed by atoms with van der Waals surface area (Å²) in [7, 11) is -1.13. The molecule has 5 aromatic rings. The number of hydrogen-bond acceptors (Lipinski definition) is 3. The van der Waals surface area contributed by atoms with Crippen molar-refractivity contribution in [2.24, 2.45) is 7.05 Å². The monoisotopic (exact) mass is 605 g/mol. The van der Waals surface area contributed by atoms with Crippen molar-refractivity contribution >= 4 is 37.6 Å². The van der Waals surface area contributed by atoms with Crippen LogP contribution in [0.4, 0.5) is 0 Å². The molecule has 5 rings (SSSR count). The van der Waals surface area contributed by atoms with Gasteiger partial charge in [0.05, 0.1) is 38.4 Å². The van der Waals surface area contributed by atoms with Crippen LogP contribution in [-0.4, -0.2) is 35.8 Å². The van der Waals surface area contributed by atoms with Gasteiger partial charge >= 0.3 is 0 Å². The van der Waals surface area contributed by atoms with E-state index in [0.717, 1.165) is 55.9 Å². The summed E-state index contributed by atoms with van der Waals surface area (Å²) in [5.74, 6) is 1.08. The predicted molar refractivity (Wildman–Crippen MR) is 191 cm³/mol. The zero-order valence-corrected chi connectivity index (χ0v) is 30.1. The van der Waals surface area contributed by atoms with Gasteiger partial charge in [0.1, 0.15) is 11.6 Å². The van der Waals surface area contributed by atoms with Gasteiger partial charge in [0.25, 0.3) is 0 Å². The van der Waals surface area contributed by atoms with E-state index in [0.29, 0.717) is 5.75 Å². The normalized spacial score (nSPS) is 12.7. The largest absolute Gasteiger partial charge is 0.507 e. The first-order chi connectivity index (χ1) is 19.8. The van der Waals surface area contributed by atoms with Crippen LogP contribution >= 0.6 is 0 Å². The minimum Gasteiger partial charge on any atom is -0.507 e. The third-order valence-corrected chi connectivity index (χ3v) is 12.6. The quantitative estimate of drug-likeness (QED) is 0.204. The molecule has 0 amide bonds. The summed E-state index contributed by atoms with van der Waals surface area (Å²) in [6.45, 7) is 25.2. The fourth-order valence-corrected chi connectivity index (χ4v) is 8.02. The number of aromatic nitrogens is 3. The third kappa shape index (κ3) is 6.00. The van der Waals surface area contributed by atoms with Crippen molar-refractivity contribution in [1.82, 2.24) is 14.5 Å². The Bertz CT molecular complexity index is 1860. The molecule has 0 spiro atoms. The number of aromatic hydroxyl groups is 1. The van der Waals surface area contributed by atoms with E-state index >= 15 is 0 Å². The Kier molecular flexibility index (Phi) is 7.63. The lowest BCUT2D eigenvalue weighted by molar-refractivity contribution is 0.472. The molecule has 0 radical (unpaired) electrons. The van der Waals surface area contributed by atoms with E-state index in [1.807, 2.05) is 25.3 Å². The van der Waals surface area contributed by atoms with Crippen LogP contribution in [0.1, 0.15) is 37.5 Å². The predicted octanol–water partition coefficient (Wildman–Crippen LogP) is 8.68. The summed E-state index contributed by atoms with van der Waals surface area (Å²) in [5, 5.41) is 13.9. The van der Waals surface area contributed by atoms with Crippen LogP contribution in [-0.2, 0) is 12.5 Å². The highest BCUT2D eigenvalue weighted by Crippen LogP contribution is 2.39. The van der Waals surface area contributed by atoms with Crippen LogP contribution in [0.3, 0.4) is 0 Å². The van der Waals surface area contributed by atoms with Crippen LogP contribution in [0, 0.1) is 13.8 Å². The highest BCUT2D eigenvalue weighted by molar-refractivity contribution is 6.89. The van der Waals surface area contributed by atoms with Gasteiger partial charge in [-0.2, -0.15) is 0 Å². The van der Waals surface area contributed by atoms with Crippen LogP contribution < -0.4 is 10.4 Å². The molecule has 0 aliphatic rings. The smallest absolute Gasteiger partial charge is 0.144 e. The molecule has 0 unspecified atom stereocenters. The lowest BCUT2D eigenvalue weighted by Crippen LogP contribution is -2.37. The van der Waals surface area contributed by atoms with Gasteiger partial charge in [0, 0.05) is 24.4 Å². The van der Waals surface area contributed by atoms with E-state index in [4.69, 9.17) is 9.97 Å². The van der Waals surface area contributed by atoms with Crippen molar-refractivity contribution in [3.8, 4) is 39.5 Å². The Morgan fingerprint density at radius 1 is 0.744 bits per heavy atom. The second-order valence-corrected chi connectivity index (χ2v) is 25.5. The molecule has 2 heterocycles. The van der Waals surface area contributed by atoms with Gasteiger partial charge in [0.2, 0.25) is 0 Å². The van der Waals surface area contributed by atoms with Crippen LogP contribution in [0.5, 0.6) is 5.75 Å². The lowest BCUT2D eigenvalue weighted by Gasteiger charge is -2.23. The summed E-state index contributed by atoms with van der Waals surface area (Å²) < 4.78 is 2.16. The van der Waals surface area contributed by atoms with Crippen LogP contribution in [0.2, 0.25) is 39.3 Å². The number of phenolic OH excluding ortho intramolecular Hbond substituents is 1. The van der Waals surface area contributed by atoms with Gasteiger partial charge in [-0.3, -0.25) is 4.98 Å². The Labute approximate surface area is 259 Å². The van der Waals surface area contributed by atoms with Crippen molar-refractivity contribution < 1.29 is 5.11 Å². The van der Waals surface area contributed by atoms with E-state index in [1.54, 1.807) is 0 Å². The molecule has 0 atom stereocenters. The number of imidazole rings is 1. The highest BCUT2D eigenvalue weighted by atomic mass is 28.3. The highest BCUT2D eigenvalue weighted by Gasteiger charge is 2.25. The summed E-state index contributed by atoms with van der Waals surface area (Å²) in [6, 6.07) is 20.2. The second kappa shape index (κ2) is 10.6. The number of benzene rings is 3. The SMILES string of the molecule is Cc1cc(C)c(O)c(-c2nc3c(-c4cc(-c5cc([Si](C)(C)C)ccn5)cc(C(C)(C)C)c4)cc([Si](C)(C)C)cc3n2C)c1. The molecule has 43 heavy (non-hydrogen) atoms. The molecule has 0 aliphatic carbocycles. The van der Waals surface area contributed by atoms with E-state index in [1.165, 1.54) is 15.9 Å². The van der Waals surface area contributed by atoms with Crippen molar-refractivity contribution in [3.05, 3.63) is 77.5 Å². The molecule has 0 saturated carbocycles. The molecule has 6 heteroatoms. The molecule has 0 aliphatic heterocycles. The van der Waals surface area contributed by atoms with E-state index < -0.39 is 16.1 Å². The molecule has 0 fully saturated rings. The van der Waals surface area contributed by atoms with Gasteiger partial charge < -0.3 is 9.67 Å². The third-order valence-electron chi connectivity index (χ3n) is 8.57. The Balaban J connectivity index is 1.85. The average Bonchev–Trinajstić information content (AvgIpc) is 3.24. The van der Waals surface area contributed by atoms with Gasteiger partial charge in [-0.15, -0.1) is 0 Å². The number of fused-ring (bicyclic) bond motifs is 1. The number of phenols is 1. The molecule has 3 aromatic carbocycles. The number of aryl methyl sites for hydroxylation is 3. The topological polar surface area (TPSA) is 50.9 Å². The van der Waals surface area contributed by atoms with Gasteiger partial charge in [0.15, 0.2) is 0 Å². The minimum absolute atomic E-state index is 0.0448. The maximum absolute atomic E-state index is 11.1. The van der Waals surface area contributed by atoms with E-state index in [2.05, 4.69) is 121 Å². The zero-order chi connectivity index (χ0) is 31.6. The lowest BCUT2D eigenvalue weighted by atomic mass is 9.83. The van der Waals surface area contributed by atoms with Crippen molar-refractivity contribution in [2.45, 2.75) is 79.3 Å². The summed E-state index contributed by atoms with van der Waals surface area (Å²) in [4.78, 5) is 10.1. The minimum atomic E-state index is -1.69. The first-order valence-corrected chi connectivity index (χ1v) is 22.3. The first-order valence-electron chi connectivity index (χ1n) is 15.3. The molecule has 224 valence electrons. The van der Waals surface area contributed by atoms with Crippen molar-refractivity contribution in [1.29, 1.82) is 0 Å². The number of nitrogens with zero attached hydrogens (tertiary/aromatic N) is 3. The maximum atomic E-state index is 11.1. The number of rotatable bonds is 5. The number of pyridine rings is 1. The Morgan fingerprint density at radius 3 is 2.02 bits per heavy atom. The molecular formula is C37H47N3OSi2. The Hall–Kier alpha value is -3.49. The maximum Gasteiger partial charge on any atom is 0.144 e. The number of hydrogen-bond donors (Lipinski definition) is 1. The van der Waals surface area contributed by atoms with E-state index in [9.17, 15) is 5.11 Å². The van der Waals surface area contributed by atoms with Crippen LogP contribution in [0.15, 0.2) is 60.8 Å². The van der Waals surface area contributed by atoms with Gasteiger partial charge in [-0.05, 0) is 77.9 Å². The molecule has 4 nitrogen and oxygen atoms in total.